The van der Waals surface area contributed by atoms with Gasteiger partial charge in [-0.2, -0.15) is 0 Å². The molecule has 1 aliphatic rings. The van der Waals surface area contributed by atoms with Crippen molar-refractivity contribution >= 4 is 6.03 Å². The fourth-order valence-corrected chi connectivity index (χ4v) is 2.69. The van der Waals surface area contributed by atoms with Crippen LogP contribution in [0.25, 0.3) is 0 Å². The van der Waals surface area contributed by atoms with Crippen LogP contribution < -0.4 is 10.6 Å². The number of nitrogens with one attached hydrogen (secondary N) is 2. The summed E-state index contributed by atoms with van der Waals surface area (Å²) in [6.07, 6.45) is 10.5. The Kier molecular flexibility index (Phi) is 7.68. The maximum absolute atomic E-state index is 12.3. The summed E-state index contributed by atoms with van der Waals surface area (Å²) in [5.41, 5.74) is 1.54. The highest BCUT2D eigenvalue weighted by Crippen LogP contribution is 2.32. The number of carbonyl (C=O) groups excluding carboxylic acids is 1. The highest BCUT2D eigenvalue weighted by Gasteiger charge is 2.26. The Bertz CT molecular complexity index is 568. The third kappa shape index (κ3) is 6.20. The number of hydrogen-bond acceptors (Lipinski definition) is 2. The van der Waals surface area contributed by atoms with Crippen molar-refractivity contribution in [3.05, 3.63) is 48.1 Å². The fraction of sp³-hybridized carbons (Fsp3) is 0.571. The summed E-state index contributed by atoms with van der Waals surface area (Å²) >= 11 is 0. The first-order valence-electron chi connectivity index (χ1n) is 9.18. The molecule has 0 aromatic heterocycles. The lowest BCUT2D eigenvalue weighted by molar-refractivity contribution is 0.230. The van der Waals surface area contributed by atoms with Crippen molar-refractivity contribution in [1.82, 2.24) is 15.5 Å². The average Bonchev–Trinajstić information content (AvgIpc) is 2.74. The van der Waals surface area contributed by atoms with Gasteiger partial charge in [0.25, 0.3) is 0 Å². The average molecular weight is 346 g/mol. The number of amides is 2. The summed E-state index contributed by atoms with van der Waals surface area (Å²) in [7, 11) is 0. The molecule has 0 radical (unpaired) electrons. The SMILES string of the molecule is C=C(C)C1(C)C=CC=C(C(C)(C)NC(=O)NCCN(CC)CC)C=C1. The summed E-state index contributed by atoms with van der Waals surface area (Å²) in [5.74, 6) is 0. The summed E-state index contributed by atoms with van der Waals surface area (Å²) in [4.78, 5) is 14.5. The second kappa shape index (κ2) is 9.04. The molecule has 4 heteroatoms. The van der Waals surface area contributed by atoms with Gasteiger partial charge in [0.2, 0.25) is 0 Å². The number of rotatable bonds is 8. The number of nitrogens with zero attached hydrogens (tertiary/aromatic N) is 1. The van der Waals surface area contributed by atoms with E-state index < -0.39 is 5.54 Å². The van der Waals surface area contributed by atoms with Crippen LogP contribution in [0.5, 0.6) is 0 Å². The molecule has 0 aliphatic heterocycles. The normalized spacial score (nSPS) is 20.2. The van der Waals surface area contributed by atoms with Gasteiger partial charge in [-0.3, -0.25) is 0 Å². The molecule has 0 saturated heterocycles. The second-order valence-electron chi connectivity index (χ2n) is 7.41. The molecule has 2 amide bonds. The zero-order valence-electron chi connectivity index (χ0n) is 16.8. The predicted octanol–water partition coefficient (Wildman–Crippen LogP) is 4.04. The monoisotopic (exact) mass is 345 g/mol. The molecule has 0 aromatic rings. The van der Waals surface area contributed by atoms with Gasteiger partial charge in [-0.05, 0) is 46.4 Å². The summed E-state index contributed by atoms with van der Waals surface area (Å²) in [6, 6.07) is -0.137. The fourth-order valence-electron chi connectivity index (χ4n) is 2.69. The standard InChI is InChI=1S/C21H35N3O/c1-8-24(9-2)16-15-22-19(25)23-20(5,6)18-11-10-13-21(7,14-12-18)17(3)4/h10-14H,3,8-9,15-16H2,1-2,4-7H3,(H2,22,23,25). The zero-order valence-corrected chi connectivity index (χ0v) is 16.8. The lowest BCUT2D eigenvalue weighted by Crippen LogP contribution is -2.50. The van der Waals surface area contributed by atoms with Crippen molar-refractivity contribution in [1.29, 1.82) is 0 Å². The van der Waals surface area contributed by atoms with E-state index in [1.54, 1.807) is 0 Å². The van der Waals surface area contributed by atoms with Crippen molar-refractivity contribution < 1.29 is 4.79 Å². The minimum atomic E-state index is -0.458. The van der Waals surface area contributed by atoms with Crippen LogP contribution in [0.3, 0.4) is 0 Å². The van der Waals surface area contributed by atoms with Crippen LogP contribution in [0, 0.1) is 5.41 Å². The van der Waals surface area contributed by atoms with Crippen molar-refractivity contribution in [3.8, 4) is 0 Å². The van der Waals surface area contributed by atoms with E-state index in [-0.39, 0.29) is 11.4 Å². The minimum Gasteiger partial charge on any atom is -0.337 e. The maximum atomic E-state index is 12.3. The molecule has 4 nitrogen and oxygen atoms in total. The van der Waals surface area contributed by atoms with Crippen molar-refractivity contribution in [3.63, 3.8) is 0 Å². The summed E-state index contributed by atoms with van der Waals surface area (Å²) in [5, 5.41) is 6.03. The Balaban J connectivity index is 2.66. The third-order valence-electron chi connectivity index (χ3n) is 5.00. The third-order valence-corrected chi connectivity index (χ3v) is 5.00. The number of carbonyl (C=O) groups is 1. The molecular formula is C21H35N3O. The van der Waals surface area contributed by atoms with Crippen LogP contribution in [0.2, 0.25) is 0 Å². The lowest BCUT2D eigenvalue weighted by Gasteiger charge is -2.28. The van der Waals surface area contributed by atoms with Gasteiger partial charge in [-0.25, -0.2) is 4.79 Å². The minimum absolute atomic E-state index is 0.137. The van der Waals surface area contributed by atoms with Crippen molar-refractivity contribution in [2.45, 2.75) is 47.1 Å². The Labute approximate surface area is 153 Å². The van der Waals surface area contributed by atoms with E-state index in [4.69, 9.17) is 0 Å². The first kappa shape index (κ1) is 21.2. The molecule has 0 fully saturated rings. The Morgan fingerprint density at radius 2 is 1.92 bits per heavy atom. The molecule has 1 rings (SSSR count). The molecule has 2 N–H and O–H groups in total. The van der Waals surface area contributed by atoms with Crippen LogP contribution in [0.1, 0.15) is 41.5 Å². The van der Waals surface area contributed by atoms with Gasteiger partial charge < -0.3 is 15.5 Å². The number of urea groups is 1. The van der Waals surface area contributed by atoms with E-state index in [1.807, 2.05) is 26.8 Å². The quantitative estimate of drug-likeness (QED) is 0.652. The highest BCUT2D eigenvalue weighted by molar-refractivity contribution is 5.75. The molecule has 0 spiro atoms. The molecule has 0 saturated carbocycles. The summed E-state index contributed by atoms with van der Waals surface area (Å²) < 4.78 is 0. The number of hydrogen-bond donors (Lipinski definition) is 2. The van der Waals surface area contributed by atoms with Crippen molar-refractivity contribution in [2.75, 3.05) is 26.2 Å². The van der Waals surface area contributed by atoms with Crippen LogP contribution in [0.15, 0.2) is 48.1 Å². The number of likely N-dealkylation sites (N-methyl/N-ethyl adjacent to an activating group) is 1. The first-order chi connectivity index (χ1) is 11.6. The predicted molar refractivity (Wildman–Crippen MR) is 108 cm³/mol. The van der Waals surface area contributed by atoms with Crippen molar-refractivity contribution in [2.24, 2.45) is 5.41 Å². The van der Waals surface area contributed by atoms with E-state index in [0.717, 1.165) is 30.8 Å². The van der Waals surface area contributed by atoms with E-state index in [2.05, 4.69) is 67.2 Å². The van der Waals surface area contributed by atoms with Gasteiger partial charge in [-0.15, -0.1) is 0 Å². The largest absolute Gasteiger partial charge is 0.337 e. The molecule has 1 atom stereocenters. The molecule has 140 valence electrons. The van der Waals surface area contributed by atoms with Crippen LogP contribution >= 0.6 is 0 Å². The van der Waals surface area contributed by atoms with E-state index >= 15 is 0 Å². The molecular weight excluding hydrogens is 310 g/mol. The van der Waals surface area contributed by atoms with Gasteiger partial charge in [0.15, 0.2) is 0 Å². The first-order valence-corrected chi connectivity index (χ1v) is 9.18. The van der Waals surface area contributed by atoms with E-state index in [0.29, 0.717) is 6.54 Å². The van der Waals surface area contributed by atoms with Gasteiger partial charge >= 0.3 is 6.03 Å². The van der Waals surface area contributed by atoms with E-state index in [1.165, 1.54) is 0 Å². The maximum Gasteiger partial charge on any atom is 0.315 e. The smallest absolute Gasteiger partial charge is 0.315 e. The van der Waals surface area contributed by atoms with Crippen LogP contribution in [-0.2, 0) is 0 Å². The van der Waals surface area contributed by atoms with Crippen LogP contribution in [-0.4, -0.2) is 42.6 Å². The summed E-state index contributed by atoms with van der Waals surface area (Å²) in [6.45, 7) is 20.0. The Hall–Kier alpha value is -1.81. The Morgan fingerprint density at radius 1 is 1.28 bits per heavy atom. The van der Waals surface area contributed by atoms with Gasteiger partial charge in [0.05, 0.1) is 5.54 Å². The molecule has 1 aliphatic carbocycles. The molecule has 25 heavy (non-hydrogen) atoms. The topological polar surface area (TPSA) is 44.4 Å². The zero-order chi connectivity index (χ0) is 19.1. The molecule has 0 aromatic carbocycles. The Morgan fingerprint density at radius 3 is 2.48 bits per heavy atom. The van der Waals surface area contributed by atoms with Gasteiger partial charge in [-0.1, -0.05) is 56.4 Å². The molecule has 1 unspecified atom stereocenters. The van der Waals surface area contributed by atoms with E-state index in [9.17, 15) is 4.79 Å². The molecule has 0 bridgehead atoms. The highest BCUT2D eigenvalue weighted by atomic mass is 16.2. The van der Waals surface area contributed by atoms with Gasteiger partial charge in [0.1, 0.15) is 0 Å². The molecule has 0 heterocycles. The van der Waals surface area contributed by atoms with Gasteiger partial charge in [0, 0.05) is 18.5 Å². The number of allylic oxidation sites excluding steroid dienone is 5. The second-order valence-corrected chi connectivity index (χ2v) is 7.41. The van der Waals surface area contributed by atoms with Crippen LogP contribution in [0.4, 0.5) is 4.79 Å². The lowest BCUT2D eigenvalue weighted by atomic mass is 9.83.